The van der Waals surface area contributed by atoms with E-state index in [1.807, 2.05) is 19.2 Å². The van der Waals surface area contributed by atoms with Crippen LogP contribution in [0.3, 0.4) is 0 Å². The Morgan fingerprint density at radius 3 is 2.60 bits per heavy atom. The first-order valence-corrected chi connectivity index (χ1v) is 9.99. The molecule has 0 unspecified atom stereocenters. The summed E-state index contributed by atoms with van der Waals surface area (Å²) in [5.41, 5.74) is 2.03. The Bertz CT molecular complexity index is 1050. The summed E-state index contributed by atoms with van der Waals surface area (Å²) in [6, 6.07) is 5.48. The van der Waals surface area contributed by atoms with E-state index in [4.69, 9.17) is 4.74 Å². The molecule has 4 rings (SSSR count). The number of hydrogen-bond donors (Lipinski definition) is 1. The fourth-order valence-corrected chi connectivity index (χ4v) is 3.89. The molecule has 0 saturated carbocycles. The van der Waals surface area contributed by atoms with Crippen LogP contribution in [0.25, 0.3) is 10.9 Å². The highest BCUT2D eigenvalue weighted by Crippen LogP contribution is 2.33. The number of hydrogen-bond acceptors (Lipinski definition) is 5. The standard InChI is InChI=1S/C22H23F3N4O/c1-12(16-4-3-5-17(19(16)23)21(24)25)27-22-18-10-15(14-6-8-30-9-7-14)11-26-20(18)13(2)28-29-22/h3-5,10-12,14,21H,6-9H2,1-2H3,(H,27,29)/t12-/m1/s1. The van der Waals surface area contributed by atoms with Gasteiger partial charge < -0.3 is 10.1 Å². The van der Waals surface area contributed by atoms with Crippen LogP contribution < -0.4 is 5.32 Å². The van der Waals surface area contributed by atoms with Crippen molar-refractivity contribution in [3.63, 3.8) is 0 Å². The zero-order valence-corrected chi connectivity index (χ0v) is 16.8. The molecule has 1 atom stereocenters. The maximum Gasteiger partial charge on any atom is 0.266 e. The zero-order chi connectivity index (χ0) is 21.3. The summed E-state index contributed by atoms with van der Waals surface area (Å²) in [6.45, 7) is 4.97. The number of anilines is 1. The number of benzene rings is 1. The lowest BCUT2D eigenvalue weighted by molar-refractivity contribution is 0.0853. The first-order valence-electron chi connectivity index (χ1n) is 9.99. The minimum atomic E-state index is -2.87. The molecule has 1 aromatic carbocycles. The van der Waals surface area contributed by atoms with Crippen LogP contribution in [-0.2, 0) is 4.74 Å². The monoisotopic (exact) mass is 416 g/mol. The molecular formula is C22H23F3N4O. The van der Waals surface area contributed by atoms with Crippen LogP contribution in [0.15, 0.2) is 30.5 Å². The van der Waals surface area contributed by atoms with E-state index in [-0.39, 0.29) is 5.56 Å². The Hall–Kier alpha value is -2.74. The fraction of sp³-hybridized carbons (Fsp3) is 0.409. The van der Waals surface area contributed by atoms with Crippen LogP contribution in [0, 0.1) is 12.7 Å². The van der Waals surface area contributed by atoms with Crippen LogP contribution >= 0.6 is 0 Å². The number of alkyl halides is 2. The Labute approximate surface area is 172 Å². The Kier molecular flexibility index (Phi) is 5.85. The van der Waals surface area contributed by atoms with Crippen LogP contribution in [0.4, 0.5) is 19.0 Å². The van der Waals surface area contributed by atoms with Gasteiger partial charge >= 0.3 is 0 Å². The van der Waals surface area contributed by atoms with Crippen molar-refractivity contribution in [2.45, 2.75) is 45.1 Å². The van der Waals surface area contributed by atoms with E-state index in [0.29, 0.717) is 22.9 Å². The molecule has 1 saturated heterocycles. The lowest BCUT2D eigenvalue weighted by Crippen LogP contribution is -2.15. The number of nitrogens with zero attached hydrogens (tertiary/aromatic N) is 3. The molecule has 0 bridgehead atoms. The third-order valence-electron chi connectivity index (χ3n) is 5.61. The summed E-state index contributed by atoms with van der Waals surface area (Å²) in [5, 5.41) is 12.3. The van der Waals surface area contributed by atoms with E-state index in [1.165, 1.54) is 12.1 Å². The van der Waals surface area contributed by atoms with Crippen molar-refractivity contribution in [3.05, 3.63) is 58.7 Å². The van der Waals surface area contributed by atoms with Gasteiger partial charge in [-0.3, -0.25) is 4.98 Å². The van der Waals surface area contributed by atoms with Crippen LogP contribution in [0.5, 0.6) is 0 Å². The molecule has 2 aromatic heterocycles. The van der Waals surface area contributed by atoms with Crippen LogP contribution in [-0.4, -0.2) is 28.4 Å². The molecule has 158 valence electrons. The van der Waals surface area contributed by atoms with Crippen LogP contribution in [0.2, 0.25) is 0 Å². The number of fused-ring (bicyclic) bond motifs is 1. The first kappa shape index (κ1) is 20.5. The minimum Gasteiger partial charge on any atom is -0.381 e. The maximum absolute atomic E-state index is 14.6. The SMILES string of the molecule is Cc1nnc(N[C@H](C)c2cccc(C(F)F)c2F)c2cc(C3CCOCC3)cnc12. The predicted molar refractivity (Wildman–Crippen MR) is 108 cm³/mol. The van der Waals surface area contributed by atoms with Crippen molar-refractivity contribution in [3.8, 4) is 0 Å². The molecule has 0 spiro atoms. The molecule has 1 aliphatic heterocycles. The molecule has 0 radical (unpaired) electrons. The van der Waals surface area contributed by atoms with Gasteiger partial charge in [-0.25, -0.2) is 13.2 Å². The normalized spacial score (nSPS) is 16.2. The first-order chi connectivity index (χ1) is 14.5. The van der Waals surface area contributed by atoms with Crippen molar-refractivity contribution in [2.75, 3.05) is 18.5 Å². The van der Waals surface area contributed by atoms with Gasteiger partial charge in [0, 0.05) is 30.4 Å². The van der Waals surface area contributed by atoms with Gasteiger partial charge in [0.25, 0.3) is 6.43 Å². The summed E-state index contributed by atoms with van der Waals surface area (Å²) < 4.78 is 46.2. The highest BCUT2D eigenvalue weighted by molar-refractivity contribution is 5.90. The number of rotatable bonds is 5. The van der Waals surface area contributed by atoms with Gasteiger partial charge in [-0.1, -0.05) is 18.2 Å². The highest BCUT2D eigenvalue weighted by Gasteiger charge is 2.22. The van der Waals surface area contributed by atoms with Gasteiger partial charge in [0.05, 0.1) is 22.8 Å². The molecule has 0 amide bonds. The van der Waals surface area contributed by atoms with E-state index < -0.39 is 23.8 Å². The number of halogens is 3. The summed E-state index contributed by atoms with van der Waals surface area (Å²) in [4.78, 5) is 4.59. The van der Waals surface area contributed by atoms with E-state index in [9.17, 15) is 13.2 Å². The minimum absolute atomic E-state index is 0.150. The van der Waals surface area contributed by atoms with Gasteiger partial charge in [0.15, 0.2) is 5.82 Å². The number of pyridine rings is 1. The molecule has 1 fully saturated rings. The largest absolute Gasteiger partial charge is 0.381 e. The molecule has 1 N–H and O–H groups in total. The molecule has 3 aromatic rings. The van der Waals surface area contributed by atoms with Crippen molar-refractivity contribution >= 4 is 16.7 Å². The molecule has 0 aliphatic carbocycles. The average Bonchev–Trinajstić information content (AvgIpc) is 2.76. The van der Waals surface area contributed by atoms with E-state index >= 15 is 0 Å². The van der Waals surface area contributed by atoms with Crippen molar-refractivity contribution in [1.29, 1.82) is 0 Å². The van der Waals surface area contributed by atoms with Gasteiger partial charge in [0.2, 0.25) is 0 Å². The predicted octanol–water partition coefficient (Wildman–Crippen LogP) is 5.48. The van der Waals surface area contributed by atoms with Crippen LogP contribution in [0.1, 0.15) is 60.5 Å². The Balaban J connectivity index is 1.70. The number of ether oxygens (including phenoxy) is 1. The van der Waals surface area contributed by atoms with Gasteiger partial charge in [0.1, 0.15) is 5.82 Å². The molecule has 30 heavy (non-hydrogen) atoms. The summed E-state index contributed by atoms with van der Waals surface area (Å²) >= 11 is 0. The smallest absolute Gasteiger partial charge is 0.266 e. The summed E-state index contributed by atoms with van der Waals surface area (Å²) in [7, 11) is 0. The van der Waals surface area contributed by atoms with Gasteiger partial charge in [-0.05, 0) is 44.2 Å². The van der Waals surface area contributed by atoms with Gasteiger partial charge in [-0.15, -0.1) is 5.10 Å². The Morgan fingerprint density at radius 2 is 1.87 bits per heavy atom. The number of nitrogens with one attached hydrogen (secondary N) is 1. The van der Waals surface area contributed by atoms with Gasteiger partial charge in [-0.2, -0.15) is 5.10 Å². The third-order valence-corrected chi connectivity index (χ3v) is 5.61. The fourth-order valence-electron chi connectivity index (χ4n) is 3.89. The van der Waals surface area contributed by atoms with E-state index in [2.05, 4.69) is 20.5 Å². The molecule has 5 nitrogen and oxygen atoms in total. The lowest BCUT2D eigenvalue weighted by atomic mass is 9.92. The second-order valence-corrected chi connectivity index (χ2v) is 7.60. The number of aryl methyl sites for hydroxylation is 1. The second-order valence-electron chi connectivity index (χ2n) is 7.60. The van der Waals surface area contributed by atoms with E-state index in [1.54, 1.807) is 6.92 Å². The molecule has 1 aliphatic rings. The average molecular weight is 416 g/mol. The highest BCUT2D eigenvalue weighted by atomic mass is 19.3. The van der Waals surface area contributed by atoms with Crippen molar-refractivity contribution < 1.29 is 17.9 Å². The van der Waals surface area contributed by atoms with Crippen molar-refractivity contribution in [2.24, 2.45) is 0 Å². The topological polar surface area (TPSA) is 59.9 Å². The quantitative estimate of drug-likeness (QED) is 0.597. The van der Waals surface area contributed by atoms with Crippen molar-refractivity contribution in [1.82, 2.24) is 15.2 Å². The summed E-state index contributed by atoms with van der Waals surface area (Å²) in [6.07, 6.45) is 0.847. The second kappa shape index (κ2) is 8.55. The van der Waals surface area contributed by atoms with E-state index in [0.717, 1.165) is 43.1 Å². The summed E-state index contributed by atoms with van der Waals surface area (Å²) in [5.74, 6) is -0.0983. The maximum atomic E-state index is 14.6. The Morgan fingerprint density at radius 1 is 1.13 bits per heavy atom. The third kappa shape index (κ3) is 3.96. The zero-order valence-electron chi connectivity index (χ0n) is 16.8. The lowest BCUT2D eigenvalue weighted by Gasteiger charge is -2.23. The number of aromatic nitrogens is 3. The molecule has 3 heterocycles. The molecule has 8 heteroatoms. The molecular weight excluding hydrogens is 393 g/mol.